The Labute approximate surface area is 123 Å². The molecule has 20 heavy (non-hydrogen) atoms. The average molecular weight is 278 g/mol. The van der Waals surface area contributed by atoms with Crippen LogP contribution in [0.25, 0.3) is 0 Å². The van der Waals surface area contributed by atoms with E-state index < -0.39 is 0 Å². The summed E-state index contributed by atoms with van der Waals surface area (Å²) in [6.45, 7) is 14.9. The van der Waals surface area contributed by atoms with Gasteiger partial charge in [-0.05, 0) is 25.2 Å². The van der Waals surface area contributed by atoms with Crippen LogP contribution in [0.2, 0.25) is 0 Å². The molecular weight excluding hydrogens is 248 g/mol. The maximum absolute atomic E-state index is 4.67. The van der Waals surface area contributed by atoms with Crippen LogP contribution < -0.4 is 10.6 Å². The lowest BCUT2D eigenvalue weighted by Gasteiger charge is -2.21. The van der Waals surface area contributed by atoms with Crippen LogP contribution in [0.3, 0.4) is 0 Å². The Balaban J connectivity index is 2.97. The third-order valence-electron chi connectivity index (χ3n) is 2.99. The maximum atomic E-state index is 4.67. The van der Waals surface area contributed by atoms with Crippen molar-refractivity contribution in [2.75, 3.05) is 23.7 Å². The van der Waals surface area contributed by atoms with Crippen LogP contribution in [0.1, 0.15) is 58.8 Å². The van der Waals surface area contributed by atoms with Gasteiger partial charge in [-0.3, -0.25) is 0 Å². The standard InChI is InChI=1S/C16H30N4/c1-7-9-13-19-14(17-10-8-2)12(3)15(20-13)18-11-16(4,5)6/h7-11H2,1-6H3,(H2,17,18,19,20). The molecule has 0 aliphatic carbocycles. The van der Waals surface area contributed by atoms with Crippen LogP contribution in [-0.4, -0.2) is 23.1 Å². The molecule has 0 unspecified atom stereocenters. The van der Waals surface area contributed by atoms with Gasteiger partial charge < -0.3 is 10.6 Å². The summed E-state index contributed by atoms with van der Waals surface area (Å²) in [5.74, 6) is 2.87. The van der Waals surface area contributed by atoms with Crippen molar-refractivity contribution in [2.24, 2.45) is 5.41 Å². The quantitative estimate of drug-likeness (QED) is 0.791. The Kier molecular flexibility index (Phi) is 6.24. The summed E-state index contributed by atoms with van der Waals surface area (Å²) in [6, 6.07) is 0. The van der Waals surface area contributed by atoms with Crippen LogP contribution in [0.5, 0.6) is 0 Å². The maximum Gasteiger partial charge on any atom is 0.134 e. The first-order chi connectivity index (χ1) is 9.37. The highest BCUT2D eigenvalue weighted by Crippen LogP contribution is 2.22. The summed E-state index contributed by atoms with van der Waals surface area (Å²) in [6.07, 6.45) is 3.08. The average Bonchev–Trinajstić information content (AvgIpc) is 2.36. The van der Waals surface area contributed by atoms with Crippen molar-refractivity contribution in [1.29, 1.82) is 0 Å². The van der Waals surface area contributed by atoms with Gasteiger partial charge in [0, 0.05) is 25.1 Å². The van der Waals surface area contributed by atoms with E-state index in [-0.39, 0.29) is 5.41 Å². The number of nitrogens with zero attached hydrogens (tertiary/aromatic N) is 2. The van der Waals surface area contributed by atoms with Gasteiger partial charge in [0.15, 0.2) is 0 Å². The van der Waals surface area contributed by atoms with Gasteiger partial charge >= 0.3 is 0 Å². The van der Waals surface area contributed by atoms with Gasteiger partial charge in [0.1, 0.15) is 17.5 Å². The van der Waals surface area contributed by atoms with Gasteiger partial charge in [0.25, 0.3) is 0 Å². The fourth-order valence-corrected chi connectivity index (χ4v) is 1.83. The zero-order valence-corrected chi connectivity index (χ0v) is 13.9. The Morgan fingerprint density at radius 2 is 1.55 bits per heavy atom. The monoisotopic (exact) mass is 278 g/mol. The van der Waals surface area contributed by atoms with Gasteiger partial charge in [-0.2, -0.15) is 0 Å². The van der Waals surface area contributed by atoms with Gasteiger partial charge in [-0.1, -0.05) is 34.6 Å². The highest BCUT2D eigenvalue weighted by molar-refractivity contribution is 5.57. The van der Waals surface area contributed by atoms with Gasteiger partial charge in [-0.15, -0.1) is 0 Å². The Morgan fingerprint density at radius 1 is 0.950 bits per heavy atom. The second-order valence-electron chi connectivity index (χ2n) is 6.55. The van der Waals surface area contributed by atoms with E-state index in [2.05, 4.69) is 62.1 Å². The second kappa shape index (κ2) is 7.46. The van der Waals surface area contributed by atoms with E-state index >= 15 is 0 Å². The lowest BCUT2D eigenvalue weighted by atomic mass is 9.97. The zero-order chi connectivity index (χ0) is 15.2. The van der Waals surface area contributed by atoms with Crippen LogP contribution in [0, 0.1) is 12.3 Å². The summed E-state index contributed by atoms with van der Waals surface area (Å²) >= 11 is 0. The van der Waals surface area contributed by atoms with E-state index in [1.807, 2.05) is 0 Å². The SMILES string of the molecule is CCCNc1nc(CCC)nc(NCC(C)(C)C)c1C. The van der Waals surface area contributed by atoms with Crippen LogP contribution in [0.4, 0.5) is 11.6 Å². The first-order valence-electron chi connectivity index (χ1n) is 7.72. The number of hydrogen-bond donors (Lipinski definition) is 2. The predicted molar refractivity (Wildman–Crippen MR) is 87.5 cm³/mol. The van der Waals surface area contributed by atoms with Crippen molar-refractivity contribution in [3.63, 3.8) is 0 Å². The van der Waals surface area contributed by atoms with E-state index in [1.54, 1.807) is 0 Å². The minimum Gasteiger partial charge on any atom is -0.370 e. The smallest absolute Gasteiger partial charge is 0.134 e. The van der Waals surface area contributed by atoms with E-state index in [0.29, 0.717) is 0 Å². The Morgan fingerprint density at radius 3 is 2.05 bits per heavy atom. The molecule has 1 aromatic rings. The number of hydrogen-bond acceptors (Lipinski definition) is 4. The van der Waals surface area contributed by atoms with Crippen LogP contribution in [0.15, 0.2) is 0 Å². The molecule has 0 saturated carbocycles. The highest BCUT2D eigenvalue weighted by atomic mass is 15.1. The fraction of sp³-hybridized carbons (Fsp3) is 0.750. The van der Waals surface area contributed by atoms with Crippen molar-refractivity contribution in [2.45, 2.75) is 60.8 Å². The third kappa shape index (κ3) is 5.35. The summed E-state index contributed by atoms with van der Waals surface area (Å²) in [5.41, 5.74) is 1.35. The summed E-state index contributed by atoms with van der Waals surface area (Å²) in [5, 5.41) is 6.89. The molecular formula is C16H30N4. The number of anilines is 2. The molecule has 0 bridgehead atoms. The van der Waals surface area contributed by atoms with Gasteiger partial charge in [0.2, 0.25) is 0 Å². The van der Waals surface area contributed by atoms with Crippen molar-refractivity contribution in [3.8, 4) is 0 Å². The summed E-state index contributed by atoms with van der Waals surface area (Å²) in [7, 11) is 0. The van der Waals surface area contributed by atoms with E-state index in [4.69, 9.17) is 0 Å². The van der Waals surface area contributed by atoms with Crippen molar-refractivity contribution >= 4 is 11.6 Å². The highest BCUT2D eigenvalue weighted by Gasteiger charge is 2.14. The molecule has 4 heteroatoms. The van der Waals surface area contributed by atoms with Gasteiger partial charge in [0.05, 0.1) is 0 Å². The Hall–Kier alpha value is -1.32. The number of aryl methyl sites for hydroxylation is 1. The molecule has 0 fully saturated rings. The van der Waals surface area contributed by atoms with Crippen LogP contribution >= 0.6 is 0 Å². The van der Waals surface area contributed by atoms with Crippen molar-refractivity contribution in [1.82, 2.24) is 9.97 Å². The predicted octanol–water partition coefficient (Wildman–Crippen LogP) is 4.02. The number of rotatable bonds is 7. The molecule has 0 saturated heterocycles. The first kappa shape index (κ1) is 16.7. The first-order valence-corrected chi connectivity index (χ1v) is 7.72. The molecule has 0 radical (unpaired) electrons. The molecule has 0 aliphatic heterocycles. The molecule has 0 aromatic carbocycles. The normalized spacial score (nSPS) is 11.5. The van der Waals surface area contributed by atoms with E-state index in [9.17, 15) is 0 Å². The fourth-order valence-electron chi connectivity index (χ4n) is 1.83. The minimum atomic E-state index is 0.235. The Bertz CT molecular complexity index is 421. The lowest BCUT2D eigenvalue weighted by Crippen LogP contribution is -2.21. The van der Waals surface area contributed by atoms with E-state index in [0.717, 1.165) is 55.4 Å². The topological polar surface area (TPSA) is 49.8 Å². The molecule has 0 aliphatic rings. The molecule has 0 spiro atoms. The molecule has 4 nitrogen and oxygen atoms in total. The number of aromatic nitrogens is 2. The third-order valence-corrected chi connectivity index (χ3v) is 2.99. The van der Waals surface area contributed by atoms with Gasteiger partial charge in [-0.25, -0.2) is 9.97 Å². The molecule has 0 amide bonds. The van der Waals surface area contributed by atoms with Crippen molar-refractivity contribution in [3.05, 3.63) is 11.4 Å². The molecule has 1 rings (SSSR count). The molecule has 2 N–H and O–H groups in total. The van der Waals surface area contributed by atoms with Crippen LogP contribution in [-0.2, 0) is 6.42 Å². The molecule has 114 valence electrons. The summed E-state index contributed by atoms with van der Waals surface area (Å²) in [4.78, 5) is 9.31. The zero-order valence-electron chi connectivity index (χ0n) is 13.9. The molecule has 1 aromatic heterocycles. The second-order valence-corrected chi connectivity index (χ2v) is 6.55. The molecule has 1 heterocycles. The van der Waals surface area contributed by atoms with Crippen molar-refractivity contribution < 1.29 is 0 Å². The van der Waals surface area contributed by atoms with E-state index in [1.165, 1.54) is 0 Å². The largest absolute Gasteiger partial charge is 0.370 e. The number of nitrogens with one attached hydrogen (secondary N) is 2. The summed E-state index contributed by atoms with van der Waals surface area (Å²) < 4.78 is 0. The minimum absolute atomic E-state index is 0.235. The lowest BCUT2D eigenvalue weighted by molar-refractivity contribution is 0.442. The molecule has 0 atom stereocenters.